The Morgan fingerprint density at radius 2 is 1.76 bits per heavy atom. The maximum Gasteiger partial charge on any atom is 0.307 e. The van der Waals surface area contributed by atoms with Gasteiger partial charge in [0, 0.05) is 60.4 Å². The number of hydrogen-bond acceptors (Lipinski definition) is 4. The summed E-state index contributed by atoms with van der Waals surface area (Å²) in [7, 11) is -0.992. The van der Waals surface area contributed by atoms with Gasteiger partial charge in [0.25, 0.3) is 11.8 Å². The number of rotatable bonds is 9. The van der Waals surface area contributed by atoms with Gasteiger partial charge in [0.05, 0.1) is 5.52 Å². The largest absolute Gasteiger partial charge is 0.361 e. The monoisotopic (exact) mass is 587 g/mol. The standard InChI is InChI=1S/C31H30FN5O4S/c1-20-8-10-21(11-9-20)30(38)35-28(31(39)33-15-14-22-18-34-27-17-24(32)12-13-25(22)27)16-23-19-37(42(40,41)36(2)3)29-7-5-4-6-26(23)29/h4-13,16-19,34H,14-15H2,1-3H3,(H,33,39)(H,35,38). The molecule has 3 aromatic carbocycles. The second-order valence-electron chi connectivity index (χ2n) is 10.1. The van der Waals surface area contributed by atoms with Crippen LogP contribution < -0.4 is 10.6 Å². The molecule has 0 aliphatic heterocycles. The maximum absolute atomic E-state index is 13.6. The molecule has 0 bridgehead atoms. The predicted molar refractivity (Wildman–Crippen MR) is 162 cm³/mol. The molecule has 0 unspecified atom stereocenters. The highest BCUT2D eigenvalue weighted by Gasteiger charge is 2.22. The number of H-pyrrole nitrogens is 1. The van der Waals surface area contributed by atoms with E-state index in [1.165, 1.54) is 38.5 Å². The molecule has 11 heteroatoms. The minimum absolute atomic E-state index is 0.0493. The van der Waals surface area contributed by atoms with Crippen LogP contribution >= 0.6 is 0 Å². The van der Waals surface area contributed by atoms with Crippen LogP contribution in [0.1, 0.15) is 27.0 Å². The number of para-hydroxylation sites is 1. The molecule has 5 rings (SSSR count). The second kappa shape index (κ2) is 11.6. The zero-order valence-corrected chi connectivity index (χ0v) is 24.1. The van der Waals surface area contributed by atoms with Gasteiger partial charge in [-0.2, -0.15) is 12.7 Å². The van der Waals surface area contributed by atoms with Crippen molar-refractivity contribution in [3.05, 3.63) is 113 Å². The van der Waals surface area contributed by atoms with Crippen LogP contribution in [-0.2, 0) is 21.4 Å². The van der Waals surface area contributed by atoms with Crippen molar-refractivity contribution in [3.63, 3.8) is 0 Å². The number of fused-ring (bicyclic) bond motifs is 2. The van der Waals surface area contributed by atoms with Crippen molar-refractivity contribution >= 4 is 49.9 Å². The summed E-state index contributed by atoms with van der Waals surface area (Å²) in [5.41, 5.74) is 3.72. The highest BCUT2D eigenvalue weighted by Crippen LogP contribution is 2.26. The molecule has 2 amide bonds. The molecule has 9 nitrogen and oxygen atoms in total. The van der Waals surface area contributed by atoms with Crippen molar-refractivity contribution in [2.45, 2.75) is 13.3 Å². The lowest BCUT2D eigenvalue weighted by Crippen LogP contribution is -2.35. The summed E-state index contributed by atoms with van der Waals surface area (Å²) in [5.74, 6) is -1.38. The Morgan fingerprint density at radius 1 is 1.02 bits per heavy atom. The van der Waals surface area contributed by atoms with Gasteiger partial charge < -0.3 is 15.6 Å². The number of aryl methyl sites for hydroxylation is 1. The van der Waals surface area contributed by atoms with Crippen LogP contribution in [0.5, 0.6) is 0 Å². The number of amides is 2. The van der Waals surface area contributed by atoms with Crippen molar-refractivity contribution < 1.29 is 22.4 Å². The van der Waals surface area contributed by atoms with E-state index in [4.69, 9.17) is 0 Å². The van der Waals surface area contributed by atoms with Gasteiger partial charge in [0.2, 0.25) is 0 Å². The summed E-state index contributed by atoms with van der Waals surface area (Å²) < 4.78 is 41.9. The van der Waals surface area contributed by atoms with E-state index >= 15 is 0 Å². The molecule has 0 aliphatic rings. The zero-order valence-electron chi connectivity index (χ0n) is 23.3. The van der Waals surface area contributed by atoms with Gasteiger partial charge in [-0.05, 0) is 61.4 Å². The average molecular weight is 588 g/mol. The van der Waals surface area contributed by atoms with E-state index in [0.717, 1.165) is 24.8 Å². The van der Waals surface area contributed by atoms with Gasteiger partial charge in [-0.15, -0.1) is 0 Å². The Kier molecular flexibility index (Phi) is 7.97. The van der Waals surface area contributed by atoms with Crippen molar-refractivity contribution in [2.75, 3.05) is 20.6 Å². The minimum Gasteiger partial charge on any atom is -0.361 e. The van der Waals surface area contributed by atoms with E-state index in [1.54, 1.807) is 60.8 Å². The van der Waals surface area contributed by atoms with Gasteiger partial charge in [0.1, 0.15) is 11.5 Å². The number of aromatic nitrogens is 2. The number of nitrogens with zero attached hydrogens (tertiary/aromatic N) is 2. The van der Waals surface area contributed by atoms with Crippen molar-refractivity contribution in [1.29, 1.82) is 0 Å². The molecule has 0 saturated heterocycles. The molecule has 5 aromatic rings. The molecule has 0 atom stereocenters. The van der Waals surface area contributed by atoms with Crippen LogP contribution in [0.4, 0.5) is 4.39 Å². The van der Waals surface area contributed by atoms with Gasteiger partial charge in [0.15, 0.2) is 0 Å². The average Bonchev–Trinajstić information content (AvgIpc) is 3.54. The molecule has 0 aliphatic carbocycles. The molecule has 3 N–H and O–H groups in total. The van der Waals surface area contributed by atoms with Gasteiger partial charge >= 0.3 is 10.2 Å². The number of hydrogen-bond donors (Lipinski definition) is 3. The summed E-state index contributed by atoms with van der Waals surface area (Å²) in [6, 6.07) is 18.3. The molecule has 42 heavy (non-hydrogen) atoms. The first-order chi connectivity index (χ1) is 20.0. The fraction of sp³-hybridized carbons (Fsp3) is 0.161. The van der Waals surface area contributed by atoms with E-state index < -0.39 is 22.0 Å². The Labute approximate surface area is 242 Å². The molecule has 0 fully saturated rings. The summed E-state index contributed by atoms with van der Waals surface area (Å²) in [6.07, 6.45) is 5.12. The molecule has 2 aromatic heterocycles. The highest BCUT2D eigenvalue weighted by molar-refractivity contribution is 7.87. The highest BCUT2D eigenvalue weighted by atomic mass is 32.2. The van der Waals surface area contributed by atoms with Crippen LogP contribution in [-0.4, -0.2) is 54.1 Å². The van der Waals surface area contributed by atoms with E-state index in [2.05, 4.69) is 15.6 Å². The summed E-state index contributed by atoms with van der Waals surface area (Å²) in [5, 5.41) is 6.99. The number of halogens is 1. The lowest BCUT2D eigenvalue weighted by atomic mass is 10.1. The molecule has 2 heterocycles. The lowest BCUT2D eigenvalue weighted by Gasteiger charge is -2.13. The fourth-order valence-electron chi connectivity index (χ4n) is 4.64. The van der Waals surface area contributed by atoms with Gasteiger partial charge in [-0.25, -0.2) is 8.36 Å². The van der Waals surface area contributed by atoms with Crippen LogP contribution in [0.15, 0.2) is 84.8 Å². The first-order valence-electron chi connectivity index (χ1n) is 13.2. The third-order valence-corrected chi connectivity index (χ3v) is 8.66. The molecule has 216 valence electrons. The summed E-state index contributed by atoms with van der Waals surface area (Å²) in [6.45, 7) is 2.14. The molecular formula is C31H30FN5O4S. The van der Waals surface area contributed by atoms with Crippen molar-refractivity contribution in [3.8, 4) is 0 Å². The predicted octanol–water partition coefficient (Wildman–Crippen LogP) is 4.35. The number of carbonyl (C=O) groups is 2. The van der Waals surface area contributed by atoms with E-state index in [1.807, 2.05) is 6.92 Å². The summed E-state index contributed by atoms with van der Waals surface area (Å²) in [4.78, 5) is 29.6. The SMILES string of the molecule is Cc1ccc(C(=O)NC(=Cc2cn(S(=O)(=O)N(C)C)c3ccccc23)C(=O)NCCc2c[nH]c3cc(F)ccc23)cc1. The first-order valence-corrected chi connectivity index (χ1v) is 14.6. The van der Waals surface area contributed by atoms with Crippen LogP contribution in [0.3, 0.4) is 0 Å². The van der Waals surface area contributed by atoms with E-state index in [-0.39, 0.29) is 18.1 Å². The van der Waals surface area contributed by atoms with Crippen LogP contribution in [0, 0.1) is 12.7 Å². The Hall–Kier alpha value is -4.74. The molecule has 0 saturated carbocycles. The molecular weight excluding hydrogens is 557 g/mol. The first kappa shape index (κ1) is 28.8. The van der Waals surface area contributed by atoms with Gasteiger partial charge in [-0.3, -0.25) is 9.59 Å². The van der Waals surface area contributed by atoms with Crippen LogP contribution in [0.2, 0.25) is 0 Å². The number of nitrogens with one attached hydrogen (secondary N) is 3. The Bertz CT molecular complexity index is 1940. The Balaban J connectivity index is 1.47. The van der Waals surface area contributed by atoms with Crippen molar-refractivity contribution in [2.24, 2.45) is 0 Å². The molecule has 0 radical (unpaired) electrons. The zero-order chi connectivity index (χ0) is 30.0. The minimum atomic E-state index is -3.86. The number of carbonyl (C=O) groups excluding carboxylic acids is 2. The van der Waals surface area contributed by atoms with E-state index in [9.17, 15) is 22.4 Å². The normalized spacial score (nSPS) is 12.3. The number of benzene rings is 3. The second-order valence-corrected chi connectivity index (χ2v) is 12.1. The number of aromatic amines is 1. The quantitative estimate of drug-likeness (QED) is 0.222. The maximum atomic E-state index is 13.6. The van der Waals surface area contributed by atoms with E-state index in [0.29, 0.717) is 34.0 Å². The third kappa shape index (κ3) is 5.83. The van der Waals surface area contributed by atoms with Gasteiger partial charge in [-0.1, -0.05) is 35.9 Å². The summed E-state index contributed by atoms with van der Waals surface area (Å²) >= 11 is 0. The Morgan fingerprint density at radius 3 is 2.50 bits per heavy atom. The third-order valence-electron chi connectivity index (χ3n) is 6.93. The topological polar surface area (TPSA) is 116 Å². The smallest absolute Gasteiger partial charge is 0.307 e. The van der Waals surface area contributed by atoms with Crippen molar-refractivity contribution in [1.82, 2.24) is 23.9 Å². The molecule has 0 spiro atoms. The lowest BCUT2D eigenvalue weighted by molar-refractivity contribution is -0.117. The fourth-order valence-corrected chi connectivity index (χ4v) is 5.65. The van der Waals surface area contributed by atoms with Crippen LogP contribution in [0.25, 0.3) is 27.9 Å².